The minimum atomic E-state index is -2.33. The molecule has 7 saturated heterocycles. The molecule has 11 fully saturated rings. The highest BCUT2D eigenvalue weighted by atomic mass is 16.8. The van der Waals surface area contributed by atoms with Crippen molar-refractivity contribution in [2.75, 3.05) is 46.2 Å². The molecule has 0 aromatic heterocycles. The van der Waals surface area contributed by atoms with Crippen molar-refractivity contribution in [3.8, 4) is 0 Å². The summed E-state index contributed by atoms with van der Waals surface area (Å²) in [7, 11) is 0. The molecule has 42 unspecified atom stereocenters. The lowest BCUT2D eigenvalue weighted by molar-refractivity contribution is -0.388. The zero-order valence-electron chi connectivity index (χ0n) is 66.7. The number of hydrogen-bond donors (Lipinski definition) is 19. The second-order valence-electron chi connectivity index (χ2n) is 35.5. The molecule has 4 saturated carbocycles. The average molecular weight is 1690 g/mol. The van der Waals surface area contributed by atoms with E-state index in [4.69, 9.17) is 80.5 Å². The van der Waals surface area contributed by atoms with Gasteiger partial charge in [0.2, 0.25) is 6.29 Å². The summed E-state index contributed by atoms with van der Waals surface area (Å²) in [5.41, 5.74) is -8.76. The first-order chi connectivity index (χ1) is 54.9. The van der Waals surface area contributed by atoms with Crippen LogP contribution < -0.4 is 0 Å². The molecule has 7 heterocycles. The summed E-state index contributed by atoms with van der Waals surface area (Å²) < 4.78 is 102. The third-order valence-electron chi connectivity index (χ3n) is 27.9. The number of fused-ring (bicyclic) bond motifs is 7. The molecule has 7 aliphatic heterocycles. The summed E-state index contributed by atoms with van der Waals surface area (Å²) in [5, 5.41) is 212. The van der Waals surface area contributed by atoms with Crippen molar-refractivity contribution < 1.29 is 202 Å². The van der Waals surface area contributed by atoms with Gasteiger partial charge in [-0.05, 0) is 113 Å². The summed E-state index contributed by atoms with van der Waals surface area (Å²) in [5.74, 6) is -7.06. The van der Waals surface area contributed by atoms with Gasteiger partial charge in [0.15, 0.2) is 61.7 Å². The fourth-order valence-corrected chi connectivity index (χ4v) is 21.3. The number of esters is 4. The number of ether oxygens (including phenoxy) is 17. The lowest BCUT2D eigenvalue weighted by atomic mass is 9.33. The van der Waals surface area contributed by atoms with Gasteiger partial charge in [-0.15, -0.1) is 0 Å². The lowest BCUT2D eigenvalue weighted by Gasteiger charge is -2.71. The fourth-order valence-electron chi connectivity index (χ4n) is 21.3. The zero-order valence-corrected chi connectivity index (χ0v) is 66.7. The van der Waals surface area contributed by atoms with Crippen LogP contribution in [0.2, 0.25) is 0 Å². The normalized spacial score (nSPS) is 51.0. The maximum atomic E-state index is 16.3. The minimum absolute atomic E-state index is 0.0501. The molecule has 117 heavy (non-hydrogen) atoms. The van der Waals surface area contributed by atoms with Gasteiger partial charge in [0, 0.05) is 26.2 Å². The van der Waals surface area contributed by atoms with Crippen molar-refractivity contribution in [3.05, 3.63) is 11.6 Å². The maximum absolute atomic E-state index is 16.3. The Kier molecular flexibility index (Phi) is 27.6. The zero-order chi connectivity index (χ0) is 85.8. The first kappa shape index (κ1) is 92.0. The topological polar surface area (TPSA) is 627 Å². The van der Waals surface area contributed by atoms with Crippen LogP contribution in [0.1, 0.15) is 127 Å². The molecular formula is C76H118O41. The summed E-state index contributed by atoms with van der Waals surface area (Å²) >= 11 is 0. The van der Waals surface area contributed by atoms with E-state index in [1.54, 1.807) is 0 Å². The van der Waals surface area contributed by atoms with Crippen LogP contribution in [0.25, 0.3) is 0 Å². The second-order valence-corrected chi connectivity index (χ2v) is 35.5. The smallest absolute Gasteiger partial charge is 0.315 e. The summed E-state index contributed by atoms with van der Waals surface area (Å²) in [6, 6.07) is 0. The van der Waals surface area contributed by atoms with Crippen LogP contribution in [0.4, 0.5) is 0 Å². The molecule has 0 aromatic carbocycles. The van der Waals surface area contributed by atoms with Gasteiger partial charge in [0.25, 0.3) is 0 Å². The van der Waals surface area contributed by atoms with Gasteiger partial charge in [-0.1, -0.05) is 39.3 Å². The number of carbonyl (C=O) groups excluding carboxylic acids is 4. The van der Waals surface area contributed by atoms with Gasteiger partial charge in [-0.2, -0.15) is 0 Å². The van der Waals surface area contributed by atoms with E-state index in [0.29, 0.717) is 12.8 Å². The molecule has 0 amide bonds. The molecule has 19 N–H and O–H groups in total. The number of hydrogen-bond acceptors (Lipinski definition) is 40. The number of carbonyl (C=O) groups is 5. The third kappa shape index (κ3) is 16.5. The van der Waals surface area contributed by atoms with E-state index in [2.05, 4.69) is 0 Å². The quantitative estimate of drug-likeness (QED) is 0.0196. The van der Waals surface area contributed by atoms with E-state index in [-0.39, 0.29) is 44.9 Å². The van der Waals surface area contributed by atoms with Crippen LogP contribution in [0.3, 0.4) is 0 Å². The van der Waals surface area contributed by atoms with Gasteiger partial charge < -0.3 is 178 Å². The van der Waals surface area contributed by atoms with Crippen molar-refractivity contribution in [1.29, 1.82) is 0 Å². The highest BCUT2D eigenvalue weighted by molar-refractivity contribution is 5.79. The Morgan fingerprint density at radius 3 is 1.61 bits per heavy atom. The second kappa shape index (κ2) is 35.1. The van der Waals surface area contributed by atoms with Crippen LogP contribution in [0.15, 0.2) is 11.6 Å². The number of aliphatic hydroxyl groups is 18. The van der Waals surface area contributed by atoms with E-state index >= 15 is 4.79 Å². The maximum Gasteiger partial charge on any atom is 0.315 e. The van der Waals surface area contributed by atoms with E-state index in [0.717, 1.165) is 26.3 Å². The molecule has 0 spiro atoms. The van der Waals surface area contributed by atoms with Gasteiger partial charge in [-0.3, -0.25) is 24.0 Å². The SMILES string of the molecule is CC(=O)OCC1(O)COC(OC2C(O)C(OC3C(OC(=O)C45CCC(C)(C)CC4C4=CCC6C7(C)CC(O)C(OC8OC(CO)C(O)C(O)C8OC8OC(CO)C(O)C(O)C8O)C(C)(C(=O)O)C7CCC6(C)C4(CO)CC5)OC(C)C(OC(C)=O)C3OC(C)=O)OC(C)C2OC2OCC(OC3OC(CO)C(O)C(O)C3O)C(O)C2O)C1O. The standard InChI is InChI=1S/C76H118O41/c1-28-53(112-61-49(92)45(88)39(24-101-61)111-62-50(93)46(89)42(85)36(21-77)108-62)55(113-67-59(96)76(100,27-103-67)26-102-30(3)81)52(95)64(104-28)115-58-57(107-32(5)83)54(106-31(4)82)29(2)105-66(58)117-69(99)74-16-15-70(6,7)19-34(74)33-11-12-40-71(8)20-35(84)60(73(10,68(97)98)41(71)13-14-72(40,9)75(33,25-80)18-17-74)116-65-56(48(91)44(87)38(23-79)110-65)114-63-51(94)47(90)43(86)37(22-78)109-63/h11,28-29,34-67,77-80,84-96,100H,12-27H2,1-10H3,(H,97,98). The van der Waals surface area contributed by atoms with Crippen molar-refractivity contribution in [2.45, 2.75) is 335 Å². The van der Waals surface area contributed by atoms with E-state index in [9.17, 15) is 116 Å². The first-order valence-corrected chi connectivity index (χ1v) is 39.9. The highest BCUT2D eigenvalue weighted by Crippen LogP contribution is 2.76. The Labute approximate surface area is 672 Å². The Hall–Kier alpha value is -4.15. The van der Waals surface area contributed by atoms with Crippen molar-refractivity contribution in [3.63, 3.8) is 0 Å². The monoisotopic (exact) mass is 1690 g/mol. The third-order valence-corrected chi connectivity index (χ3v) is 27.9. The van der Waals surface area contributed by atoms with Gasteiger partial charge in [0.1, 0.15) is 129 Å². The molecule has 0 bridgehead atoms. The summed E-state index contributed by atoms with van der Waals surface area (Å²) in [6.07, 6.45) is -56.6. The number of aliphatic hydroxyl groups excluding tert-OH is 17. The average Bonchev–Trinajstić information content (AvgIpc) is 0.712. The number of allylic oxidation sites excluding steroid dienone is 1. The molecule has 5 aliphatic carbocycles. The van der Waals surface area contributed by atoms with Crippen molar-refractivity contribution in [2.24, 2.45) is 50.2 Å². The number of carboxylic acids is 1. The molecular weight excluding hydrogens is 1570 g/mol. The van der Waals surface area contributed by atoms with Gasteiger partial charge >= 0.3 is 29.8 Å². The molecule has 42 atom stereocenters. The Bertz CT molecular complexity index is 3520. The Balaban J connectivity index is 0.833. The Morgan fingerprint density at radius 1 is 0.487 bits per heavy atom. The highest BCUT2D eigenvalue weighted by Gasteiger charge is 2.75. The van der Waals surface area contributed by atoms with E-state index in [1.165, 1.54) is 20.8 Å². The number of aliphatic carboxylic acids is 1. The van der Waals surface area contributed by atoms with Crippen LogP contribution in [-0.4, -0.2) is 381 Å². The summed E-state index contributed by atoms with van der Waals surface area (Å²) in [4.78, 5) is 69.0. The minimum Gasteiger partial charge on any atom is -0.481 e. The molecule has 41 nitrogen and oxygen atoms in total. The Morgan fingerprint density at radius 2 is 1.02 bits per heavy atom. The largest absolute Gasteiger partial charge is 0.481 e. The molecule has 0 aromatic rings. The lowest BCUT2D eigenvalue weighted by Crippen LogP contribution is -2.71. The number of rotatable bonds is 23. The van der Waals surface area contributed by atoms with Gasteiger partial charge in [0.05, 0.1) is 68.8 Å². The fraction of sp³-hybridized carbons (Fsp3) is 0.908. The van der Waals surface area contributed by atoms with Crippen molar-refractivity contribution >= 4 is 29.8 Å². The predicted octanol–water partition coefficient (Wildman–Crippen LogP) is -6.51. The van der Waals surface area contributed by atoms with Crippen molar-refractivity contribution in [1.82, 2.24) is 0 Å². The molecule has 12 rings (SSSR count). The predicted molar refractivity (Wildman–Crippen MR) is 379 cm³/mol. The summed E-state index contributed by atoms with van der Waals surface area (Å²) in [6.45, 7) is 10.1. The van der Waals surface area contributed by atoms with Crippen LogP contribution in [-0.2, 0) is 104 Å². The molecule has 668 valence electrons. The van der Waals surface area contributed by atoms with Crippen LogP contribution in [0, 0.1) is 50.2 Å². The van der Waals surface area contributed by atoms with E-state index in [1.807, 2.05) is 33.8 Å². The van der Waals surface area contributed by atoms with E-state index < -0.39 is 335 Å². The molecule has 0 radical (unpaired) electrons. The molecule has 41 heteroatoms. The molecule has 12 aliphatic rings. The van der Waals surface area contributed by atoms with Crippen LogP contribution in [0.5, 0.6) is 0 Å². The van der Waals surface area contributed by atoms with Gasteiger partial charge in [-0.25, -0.2) is 0 Å². The number of carboxylic acid groups (broad SMARTS) is 1. The first-order valence-electron chi connectivity index (χ1n) is 39.9. The van der Waals surface area contributed by atoms with Crippen LogP contribution >= 0.6 is 0 Å².